The molecule has 1 aromatic carbocycles. The highest BCUT2D eigenvalue weighted by Gasteiger charge is 2.33. The third-order valence-electron chi connectivity index (χ3n) is 9.19. The van der Waals surface area contributed by atoms with E-state index in [4.69, 9.17) is 19.7 Å². The molecule has 2 aromatic heterocycles. The molecule has 0 spiro atoms. The second kappa shape index (κ2) is 11.6. The van der Waals surface area contributed by atoms with Crippen molar-refractivity contribution in [3.63, 3.8) is 0 Å². The summed E-state index contributed by atoms with van der Waals surface area (Å²) >= 11 is -1.30. The largest absolute Gasteiger partial charge is 0.609 e. The number of rotatable bonds is 8. The lowest BCUT2D eigenvalue weighted by atomic mass is 9.80. The zero-order valence-electron chi connectivity index (χ0n) is 23.5. The van der Waals surface area contributed by atoms with Gasteiger partial charge >= 0.3 is 5.16 Å². The van der Waals surface area contributed by atoms with E-state index in [2.05, 4.69) is 59.0 Å². The summed E-state index contributed by atoms with van der Waals surface area (Å²) in [6.45, 7) is 7.54. The Hall–Kier alpha value is -2.36. The SMILES string of the molecule is C[C@@H](Nc1nc([S+](C)[O-])nc2nc(N3CCOC[C@H]3c3ccccc3)n(C[C@H]3CC[C@H](C)CC3)c12)C1CCC1. The Bertz CT molecular complexity index is 1260. The van der Waals surface area contributed by atoms with Crippen LogP contribution in [0.5, 0.6) is 0 Å². The van der Waals surface area contributed by atoms with Crippen LogP contribution >= 0.6 is 0 Å². The predicted octanol–water partition coefficient (Wildman–Crippen LogP) is 5.57. The number of ether oxygens (including phenoxy) is 1. The van der Waals surface area contributed by atoms with Crippen LogP contribution in [0.15, 0.2) is 35.5 Å². The van der Waals surface area contributed by atoms with Crippen LogP contribution in [-0.4, -0.2) is 56.1 Å². The van der Waals surface area contributed by atoms with E-state index in [0.717, 1.165) is 36.3 Å². The number of nitrogens with zero attached hydrogens (tertiary/aromatic N) is 5. The summed E-state index contributed by atoms with van der Waals surface area (Å²) in [6, 6.07) is 10.9. The molecule has 3 aromatic rings. The number of nitrogens with one attached hydrogen (secondary N) is 1. The molecule has 2 aliphatic carbocycles. The number of hydrogen-bond donors (Lipinski definition) is 1. The van der Waals surface area contributed by atoms with Gasteiger partial charge in [-0.1, -0.05) is 56.5 Å². The number of benzene rings is 1. The highest BCUT2D eigenvalue weighted by Crippen LogP contribution is 2.38. The molecule has 6 rings (SSSR count). The fourth-order valence-corrected chi connectivity index (χ4v) is 6.90. The van der Waals surface area contributed by atoms with Gasteiger partial charge in [-0.2, -0.15) is 15.0 Å². The van der Waals surface area contributed by atoms with Gasteiger partial charge in [0.15, 0.2) is 11.5 Å². The minimum absolute atomic E-state index is 0.0694. The molecule has 1 saturated heterocycles. The molecule has 8 nitrogen and oxygen atoms in total. The second-order valence-electron chi connectivity index (χ2n) is 11.9. The molecule has 210 valence electrons. The number of hydrogen-bond acceptors (Lipinski definition) is 7. The molecule has 3 heterocycles. The summed E-state index contributed by atoms with van der Waals surface area (Å²) in [4.78, 5) is 17.2. The first-order chi connectivity index (χ1) is 19.0. The molecule has 3 fully saturated rings. The molecular weight excluding hydrogens is 508 g/mol. The zero-order chi connectivity index (χ0) is 26.9. The quantitative estimate of drug-likeness (QED) is 0.290. The van der Waals surface area contributed by atoms with Crippen LogP contribution in [0, 0.1) is 17.8 Å². The molecule has 0 bridgehead atoms. The van der Waals surface area contributed by atoms with Crippen molar-refractivity contribution < 1.29 is 9.29 Å². The van der Waals surface area contributed by atoms with Crippen LogP contribution in [0.25, 0.3) is 11.2 Å². The highest BCUT2D eigenvalue weighted by molar-refractivity contribution is 7.90. The first kappa shape index (κ1) is 26.8. The maximum Gasteiger partial charge on any atom is 0.346 e. The van der Waals surface area contributed by atoms with Gasteiger partial charge in [0.1, 0.15) is 11.8 Å². The topological polar surface area (TPSA) is 91.2 Å². The second-order valence-corrected chi connectivity index (χ2v) is 13.2. The predicted molar refractivity (Wildman–Crippen MR) is 157 cm³/mol. The van der Waals surface area contributed by atoms with Crippen LogP contribution in [-0.2, 0) is 22.5 Å². The Morgan fingerprint density at radius 2 is 1.85 bits per heavy atom. The van der Waals surface area contributed by atoms with Crippen LogP contribution in [0.2, 0.25) is 0 Å². The van der Waals surface area contributed by atoms with E-state index in [0.29, 0.717) is 35.9 Å². The molecule has 1 unspecified atom stereocenters. The molecule has 1 N–H and O–H groups in total. The van der Waals surface area contributed by atoms with Crippen molar-refractivity contribution in [3.05, 3.63) is 35.9 Å². The molecule has 0 amide bonds. The molecule has 3 aliphatic rings. The fourth-order valence-electron chi connectivity index (χ4n) is 6.46. The molecule has 2 saturated carbocycles. The van der Waals surface area contributed by atoms with Crippen LogP contribution in [0.1, 0.15) is 70.4 Å². The van der Waals surface area contributed by atoms with E-state index in [1.807, 2.05) is 0 Å². The third kappa shape index (κ3) is 5.63. The average molecular weight is 551 g/mol. The molecule has 0 radical (unpaired) electrons. The normalized spacial score (nSPS) is 25.8. The van der Waals surface area contributed by atoms with Crippen molar-refractivity contribution in [2.75, 3.05) is 36.2 Å². The summed E-state index contributed by atoms with van der Waals surface area (Å²) in [7, 11) is 0. The van der Waals surface area contributed by atoms with Gasteiger partial charge in [-0.15, -0.1) is 0 Å². The van der Waals surface area contributed by atoms with Crippen molar-refractivity contribution in [3.8, 4) is 0 Å². The van der Waals surface area contributed by atoms with Crippen LogP contribution < -0.4 is 10.2 Å². The minimum atomic E-state index is -1.30. The summed E-state index contributed by atoms with van der Waals surface area (Å²) in [5.41, 5.74) is 2.80. The van der Waals surface area contributed by atoms with E-state index in [9.17, 15) is 4.55 Å². The summed E-state index contributed by atoms with van der Waals surface area (Å²) in [6.07, 6.45) is 10.4. The first-order valence-corrected chi connectivity index (χ1v) is 16.3. The van der Waals surface area contributed by atoms with Gasteiger partial charge in [0.05, 0.1) is 19.3 Å². The van der Waals surface area contributed by atoms with E-state index in [1.165, 1.54) is 50.5 Å². The van der Waals surface area contributed by atoms with E-state index >= 15 is 0 Å². The Morgan fingerprint density at radius 1 is 1.08 bits per heavy atom. The van der Waals surface area contributed by atoms with Gasteiger partial charge in [0.25, 0.3) is 0 Å². The maximum atomic E-state index is 12.6. The van der Waals surface area contributed by atoms with Gasteiger partial charge in [-0.05, 0) is 55.9 Å². The van der Waals surface area contributed by atoms with Crippen LogP contribution in [0.4, 0.5) is 11.8 Å². The van der Waals surface area contributed by atoms with E-state index in [1.54, 1.807) is 6.26 Å². The van der Waals surface area contributed by atoms with Crippen molar-refractivity contribution in [2.24, 2.45) is 17.8 Å². The van der Waals surface area contributed by atoms with Gasteiger partial charge in [-0.3, -0.25) is 0 Å². The number of imidazole rings is 1. The van der Waals surface area contributed by atoms with E-state index in [-0.39, 0.29) is 12.1 Å². The Morgan fingerprint density at radius 3 is 2.54 bits per heavy atom. The average Bonchev–Trinajstić information content (AvgIpc) is 3.27. The lowest BCUT2D eigenvalue weighted by Gasteiger charge is -2.37. The molecular formula is C30H42N6O2S. The third-order valence-corrected chi connectivity index (χ3v) is 9.88. The molecule has 9 heteroatoms. The lowest BCUT2D eigenvalue weighted by Crippen LogP contribution is -2.41. The van der Waals surface area contributed by atoms with Crippen LogP contribution in [0.3, 0.4) is 0 Å². The smallest absolute Gasteiger partial charge is 0.346 e. The first-order valence-electron chi connectivity index (χ1n) is 14.8. The maximum absolute atomic E-state index is 12.6. The number of anilines is 2. The van der Waals surface area contributed by atoms with Crippen molar-refractivity contribution in [1.29, 1.82) is 0 Å². The van der Waals surface area contributed by atoms with Gasteiger partial charge in [-0.25, -0.2) is 0 Å². The Kier molecular flexibility index (Phi) is 8.00. The number of morpholine rings is 1. The number of fused-ring (bicyclic) bond motifs is 1. The van der Waals surface area contributed by atoms with Crippen molar-refractivity contribution in [2.45, 2.75) is 82.6 Å². The standard InChI is InChI=1S/C30H42N6O2S/c1-20-12-14-22(15-13-20)18-36-26-27(31-21(2)23-10-7-11-23)32-29(39(3)37)33-28(26)34-30(36)35-16-17-38-19-25(35)24-8-5-4-6-9-24/h4-6,8-9,20-23,25H,7,10-19H2,1-3H3,(H,31,32,33)/t20-,21-,22-,25+,39?/m1/s1. The molecule has 3 atom stereocenters. The Labute approximate surface area is 235 Å². The van der Waals surface area contributed by atoms with Gasteiger partial charge < -0.3 is 24.1 Å². The van der Waals surface area contributed by atoms with Gasteiger partial charge in [0.2, 0.25) is 5.95 Å². The lowest BCUT2D eigenvalue weighted by molar-refractivity contribution is 0.0927. The monoisotopic (exact) mass is 550 g/mol. The molecule has 39 heavy (non-hydrogen) atoms. The minimum Gasteiger partial charge on any atom is -0.609 e. The zero-order valence-corrected chi connectivity index (χ0v) is 24.3. The van der Waals surface area contributed by atoms with Crippen molar-refractivity contribution >= 4 is 34.1 Å². The number of aromatic nitrogens is 4. The fraction of sp³-hybridized carbons (Fsp3) is 0.633. The van der Waals surface area contributed by atoms with Gasteiger partial charge in [0, 0.05) is 30.3 Å². The Balaban J connectivity index is 1.47. The summed E-state index contributed by atoms with van der Waals surface area (Å²) in [5, 5.41) is 4.08. The highest BCUT2D eigenvalue weighted by atomic mass is 32.2. The summed E-state index contributed by atoms with van der Waals surface area (Å²) in [5.74, 6) is 3.73. The van der Waals surface area contributed by atoms with E-state index < -0.39 is 11.2 Å². The van der Waals surface area contributed by atoms with Crippen molar-refractivity contribution in [1.82, 2.24) is 19.5 Å². The summed E-state index contributed by atoms with van der Waals surface area (Å²) < 4.78 is 21.0. The molecule has 1 aliphatic heterocycles.